The average Bonchev–Trinajstić information content (AvgIpc) is 2.62. The standard InChI is InChI=1S/C20H20N2O4/c1-5-26-20(24)16-11(2)10-15-17(12(16)3)19(23)22-21-18(15)13-6-8-14(25-4)9-7-13/h6-10H,5H2,1-4H3,(H,22,23). The molecule has 134 valence electrons. The molecule has 0 saturated heterocycles. The fourth-order valence-corrected chi connectivity index (χ4v) is 3.17. The van der Waals surface area contributed by atoms with Gasteiger partial charge < -0.3 is 9.47 Å². The fraction of sp³-hybridized carbons (Fsp3) is 0.250. The van der Waals surface area contributed by atoms with Crippen molar-refractivity contribution in [2.24, 2.45) is 0 Å². The van der Waals surface area contributed by atoms with Crippen molar-refractivity contribution < 1.29 is 14.3 Å². The first-order valence-electron chi connectivity index (χ1n) is 8.32. The van der Waals surface area contributed by atoms with Gasteiger partial charge in [0.05, 0.1) is 30.4 Å². The van der Waals surface area contributed by atoms with Crippen LogP contribution in [0.2, 0.25) is 0 Å². The van der Waals surface area contributed by atoms with Crippen molar-refractivity contribution in [1.82, 2.24) is 10.2 Å². The molecule has 0 unspecified atom stereocenters. The van der Waals surface area contributed by atoms with Crippen molar-refractivity contribution in [2.45, 2.75) is 20.8 Å². The summed E-state index contributed by atoms with van der Waals surface area (Å²) < 4.78 is 10.3. The molecule has 0 saturated carbocycles. The maximum atomic E-state index is 12.4. The largest absolute Gasteiger partial charge is 0.497 e. The molecule has 0 aliphatic carbocycles. The lowest BCUT2D eigenvalue weighted by molar-refractivity contribution is 0.0525. The molecule has 1 N–H and O–H groups in total. The Morgan fingerprint density at radius 3 is 2.50 bits per heavy atom. The Balaban J connectivity index is 2.29. The summed E-state index contributed by atoms with van der Waals surface area (Å²) >= 11 is 0. The molecule has 0 bridgehead atoms. The molecule has 26 heavy (non-hydrogen) atoms. The van der Waals surface area contributed by atoms with Gasteiger partial charge in [-0.1, -0.05) is 0 Å². The van der Waals surface area contributed by atoms with E-state index in [0.717, 1.165) is 16.9 Å². The molecular formula is C20H20N2O4. The highest BCUT2D eigenvalue weighted by atomic mass is 16.5. The van der Waals surface area contributed by atoms with Gasteiger partial charge in [0.1, 0.15) is 5.75 Å². The molecule has 2 aromatic carbocycles. The minimum absolute atomic E-state index is 0.277. The summed E-state index contributed by atoms with van der Waals surface area (Å²) in [5, 5.41) is 7.91. The van der Waals surface area contributed by atoms with E-state index in [1.807, 2.05) is 37.3 Å². The van der Waals surface area contributed by atoms with Crippen molar-refractivity contribution in [3.63, 3.8) is 0 Å². The van der Waals surface area contributed by atoms with Gasteiger partial charge in [0.2, 0.25) is 0 Å². The van der Waals surface area contributed by atoms with Crippen LogP contribution in [0.25, 0.3) is 22.0 Å². The lowest BCUT2D eigenvalue weighted by Gasteiger charge is -2.13. The predicted molar refractivity (Wildman–Crippen MR) is 99.8 cm³/mol. The van der Waals surface area contributed by atoms with Gasteiger partial charge in [-0.25, -0.2) is 9.89 Å². The van der Waals surface area contributed by atoms with Crippen LogP contribution < -0.4 is 10.3 Å². The third-order valence-corrected chi connectivity index (χ3v) is 4.37. The van der Waals surface area contributed by atoms with Crippen LogP contribution in [0, 0.1) is 13.8 Å². The molecule has 6 nitrogen and oxygen atoms in total. The van der Waals surface area contributed by atoms with Crippen LogP contribution in [0.15, 0.2) is 35.1 Å². The van der Waals surface area contributed by atoms with Gasteiger partial charge in [-0.3, -0.25) is 4.79 Å². The molecule has 0 atom stereocenters. The van der Waals surface area contributed by atoms with Crippen LogP contribution in [-0.2, 0) is 4.74 Å². The second-order valence-corrected chi connectivity index (χ2v) is 5.97. The number of methoxy groups -OCH3 is 1. The van der Waals surface area contributed by atoms with Crippen LogP contribution in [0.4, 0.5) is 0 Å². The minimum atomic E-state index is -0.424. The Morgan fingerprint density at radius 1 is 1.19 bits per heavy atom. The number of hydrogen-bond acceptors (Lipinski definition) is 5. The summed E-state index contributed by atoms with van der Waals surface area (Å²) in [4.78, 5) is 24.7. The third-order valence-electron chi connectivity index (χ3n) is 4.37. The van der Waals surface area contributed by atoms with Crippen molar-refractivity contribution in [2.75, 3.05) is 13.7 Å². The first kappa shape index (κ1) is 17.7. The Bertz CT molecular complexity index is 1040. The monoisotopic (exact) mass is 352 g/mol. The molecular weight excluding hydrogens is 332 g/mol. The lowest BCUT2D eigenvalue weighted by atomic mass is 9.94. The highest BCUT2D eigenvalue weighted by Gasteiger charge is 2.20. The second kappa shape index (κ2) is 7.00. The molecule has 0 amide bonds. The lowest BCUT2D eigenvalue weighted by Crippen LogP contribution is -2.15. The van der Waals surface area contributed by atoms with Crippen molar-refractivity contribution in [1.29, 1.82) is 0 Å². The van der Waals surface area contributed by atoms with E-state index in [9.17, 15) is 9.59 Å². The van der Waals surface area contributed by atoms with Gasteiger partial charge in [-0.15, -0.1) is 0 Å². The van der Waals surface area contributed by atoms with Crippen molar-refractivity contribution in [3.05, 3.63) is 57.4 Å². The zero-order chi connectivity index (χ0) is 18.8. The summed E-state index contributed by atoms with van der Waals surface area (Å²) in [6.45, 7) is 5.62. The Hall–Kier alpha value is -3.15. The van der Waals surface area contributed by atoms with E-state index in [2.05, 4.69) is 10.2 Å². The number of nitrogens with zero attached hydrogens (tertiary/aromatic N) is 1. The van der Waals surface area contributed by atoms with Gasteiger partial charge in [0.15, 0.2) is 0 Å². The van der Waals surface area contributed by atoms with E-state index in [0.29, 0.717) is 27.6 Å². The molecule has 0 aliphatic rings. The molecule has 6 heteroatoms. The number of carbonyl (C=O) groups excluding carboxylic acids is 1. The number of aryl methyl sites for hydroxylation is 2. The third kappa shape index (κ3) is 2.94. The highest BCUT2D eigenvalue weighted by Crippen LogP contribution is 2.30. The summed E-state index contributed by atoms with van der Waals surface area (Å²) in [5.41, 5.74) is 2.92. The summed E-state index contributed by atoms with van der Waals surface area (Å²) in [6.07, 6.45) is 0. The van der Waals surface area contributed by atoms with E-state index >= 15 is 0 Å². The first-order valence-corrected chi connectivity index (χ1v) is 8.32. The molecule has 1 aromatic heterocycles. The second-order valence-electron chi connectivity index (χ2n) is 5.97. The van der Waals surface area contributed by atoms with E-state index in [1.54, 1.807) is 21.0 Å². The summed E-state index contributed by atoms with van der Waals surface area (Å²) in [7, 11) is 1.60. The molecule has 0 fully saturated rings. The van der Waals surface area contributed by atoms with Crippen molar-refractivity contribution in [3.8, 4) is 17.0 Å². The van der Waals surface area contributed by atoms with Gasteiger partial charge in [-0.05, 0) is 62.2 Å². The Morgan fingerprint density at radius 2 is 1.88 bits per heavy atom. The van der Waals surface area contributed by atoms with E-state index in [4.69, 9.17) is 9.47 Å². The SMILES string of the molecule is CCOC(=O)c1c(C)cc2c(-c3ccc(OC)cc3)n[nH]c(=O)c2c1C. The molecule has 1 heterocycles. The number of aromatic amines is 1. The van der Waals surface area contributed by atoms with Crippen molar-refractivity contribution >= 4 is 16.7 Å². The Kier molecular flexibility index (Phi) is 4.75. The first-order chi connectivity index (χ1) is 12.5. The number of H-pyrrole nitrogens is 1. The Labute approximate surface area is 150 Å². The fourth-order valence-electron chi connectivity index (χ4n) is 3.17. The molecule has 3 rings (SSSR count). The summed E-state index contributed by atoms with van der Waals surface area (Å²) in [6, 6.07) is 9.24. The zero-order valence-corrected chi connectivity index (χ0v) is 15.2. The number of carbonyl (C=O) groups is 1. The number of aromatic nitrogens is 2. The van der Waals surface area contributed by atoms with E-state index in [1.165, 1.54) is 0 Å². The molecule has 0 aliphatic heterocycles. The molecule has 0 spiro atoms. The molecule has 0 radical (unpaired) electrons. The number of benzene rings is 2. The number of esters is 1. The van der Waals surface area contributed by atoms with E-state index in [-0.39, 0.29) is 12.2 Å². The number of ether oxygens (including phenoxy) is 2. The number of nitrogens with one attached hydrogen (secondary N) is 1. The quantitative estimate of drug-likeness (QED) is 0.728. The number of fused-ring (bicyclic) bond motifs is 1. The maximum Gasteiger partial charge on any atom is 0.338 e. The minimum Gasteiger partial charge on any atom is -0.497 e. The number of hydrogen-bond donors (Lipinski definition) is 1. The highest BCUT2D eigenvalue weighted by molar-refractivity contribution is 6.03. The van der Waals surface area contributed by atoms with Gasteiger partial charge in [0.25, 0.3) is 5.56 Å². The van der Waals surface area contributed by atoms with Crippen LogP contribution in [0.5, 0.6) is 5.75 Å². The maximum absolute atomic E-state index is 12.4. The number of rotatable bonds is 4. The zero-order valence-electron chi connectivity index (χ0n) is 15.2. The smallest absolute Gasteiger partial charge is 0.338 e. The van der Waals surface area contributed by atoms with Gasteiger partial charge in [0, 0.05) is 10.9 Å². The average molecular weight is 352 g/mol. The topological polar surface area (TPSA) is 81.3 Å². The van der Waals surface area contributed by atoms with Gasteiger partial charge >= 0.3 is 5.97 Å². The molecule has 3 aromatic rings. The van der Waals surface area contributed by atoms with E-state index < -0.39 is 5.97 Å². The van der Waals surface area contributed by atoms with Crippen LogP contribution in [0.3, 0.4) is 0 Å². The summed E-state index contributed by atoms with van der Waals surface area (Å²) in [5.74, 6) is 0.311. The predicted octanol–water partition coefficient (Wildman–Crippen LogP) is 3.39. The van der Waals surface area contributed by atoms with Gasteiger partial charge in [-0.2, -0.15) is 5.10 Å². The normalized spacial score (nSPS) is 10.8. The van der Waals surface area contributed by atoms with Crippen LogP contribution in [-0.4, -0.2) is 29.9 Å². The van der Waals surface area contributed by atoms with Crippen LogP contribution >= 0.6 is 0 Å². The van der Waals surface area contributed by atoms with Crippen LogP contribution in [0.1, 0.15) is 28.4 Å².